The molecule has 2 heterocycles. The Morgan fingerprint density at radius 3 is 3.05 bits per heavy atom. The van der Waals surface area contributed by atoms with Crippen LogP contribution in [0.3, 0.4) is 0 Å². The van der Waals surface area contributed by atoms with Gasteiger partial charge in [0.1, 0.15) is 0 Å². The van der Waals surface area contributed by atoms with E-state index in [4.69, 9.17) is 16.3 Å². The lowest BCUT2D eigenvalue weighted by atomic mass is 10.0. The number of amides is 1. The summed E-state index contributed by atoms with van der Waals surface area (Å²) in [4.78, 5) is 18.0. The number of hydrogen-bond donors (Lipinski definition) is 1. The number of aliphatic hydroxyl groups excluding tert-OH is 1. The molecule has 1 N–H and O–H groups in total. The van der Waals surface area contributed by atoms with Gasteiger partial charge in [0, 0.05) is 25.5 Å². The molecule has 1 aromatic rings. The summed E-state index contributed by atoms with van der Waals surface area (Å²) in [5.41, 5.74) is -0.0630. The molecule has 5 nitrogen and oxygen atoms in total. The van der Waals surface area contributed by atoms with Crippen molar-refractivity contribution >= 4 is 17.5 Å². The van der Waals surface area contributed by atoms with Crippen LogP contribution in [0.15, 0.2) is 18.5 Å². The minimum Gasteiger partial charge on any atom is -0.394 e. The highest BCUT2D eigenvalue weighted by Gasteiger charge is 2.35. The first-order chi connectivity index (χ1) is 8.93. The van der Waals surface area contributed by atoms with Gasteiger partial charge in [0.2, 0.25) is 0 Å². The third kappa shape index (κ3) is 3.23. The van der Waals surface area contributed by atoms with Crippen molar-refractivity contribution in [2.45, 2.75) is 25.6 Å². The number of aliphatic hydroxyl groups is 1. The second-order valence-corrected chi connectivity index (χ2v) is 5.63. The monoisotopic (exact) mass is 284 g/mol. The molecule has 1 unspecified atom stereocenters. The van der Waals surface area contributed by atoms with Gasteiger partial charge in [-0.2, -0.15) is 0 Å². The fourth-order valence-corrected chi connectivity index (χ4v) is 2.46. The normalized spacial score (nSPS) is 22.3. The maximum Gasteiger partial charge on any atom is 0.255 e. The van der Waals surface area contributed by atoms with Gasteiger partial charge >= 0.3 is 0 Å². The summed E-state index contributed by atoms with van der Waals surface area (Å²) in [5, 5.41) is 9.58. The lowest BCUT2D eigenvalue weighted by molar-refractivity contribution is -0.139. The molecule has 19 heavy (non-hydrogen) atoms. The standard InChI is InChI=1S/C13H17ClN2O3/c1-13(2)8-16(6-9(7-17)19-13)12(18)10-3-4-15-5-11(10)14/h3-5,9,17H,6-8H2,1-2H3. The molecule has 1 aliphatic heterocycles. The van der Waals surface area contributed by atoms with Crippen molar-refractivity contribution in [1.29, 1.82) is 0 Å². The van der Waals surface area contributed by atoms with E-state index in [9.17, 15) is 9.90 Å². The van der Waals surface area contributed by atoms with Crippen molar-refractivity contribution in [2.75, 3.05) is 19.7 Å². The Hall–Kier alpha value is -1.17. The topological polar surface area (TPSA) is 62.7 Å². The van der Waals surface area contributed by atoms with Crippen LogP contribution < -0.4 is 0 Å². The van der Waals surface area contributed by atoms with Gasteiger partial charge in [-0.3, -0.25) is 9.78 Å². The number of rotatable bonds is 2. The second kappa shape index (κ2) is 5.45. The SMILES string of the molecule is CC1(C)CN(C(=O)c2ccncc2Cl)CC(CO)O1. The predicted octanol–water partition coefficient (Wildman–Crippen LogP) is 1.35. The summed E-state index contributed by atoms with van der Waals surface area (Å²) in [6, 6.07) is 1.60. The Morgan fingerprint density at radius 2 is 2.42 bits per heavy atom. The van der Waals surface area contributed by atoms with Crippen molar-refractivity contribution in [3.63, 3.8) is 0 Å². The smallest absolute Gasteiger partial charge is 0.255 e. The molecule has 1 fully saturated rings. The van der Waals surface area contributed by atoms with Crippen molar-refractivity contribution in [3.05, 3.63) is 29.0 Å². The molecule has 6 heteroatoms. The molecule has 0 aromatic carbocycles. The predicted molar refractivity (Wildman–Crippen MR) is 71.2 cm³/mol. The third-order valence-corrected chi connectivity index (χ3v) is 3.28. The highest BCUT2D eigenvalue weighted by Crippen LogP contribution is 2.24. The molecule has 1 aliphatic rings. The van der Waals surface area contributed by atoms with Crippen LogP contribution in [0.2, 0.25) is 5.02 Å². The Bertz CT molecular complexity index is 479. The van der Waals surface area contributed by atoms with Crippen LogP contribution in [0.1, 0.15) is 24.2 Å². The van der Waals surface area contributed by atoms with E-state index >= 15 is 0 Å². The molecule has 0 radical (unpaired) electrons. The maximum atomic E-state index is 12.4. The van der Waals surface area contributed by atoms with Crippen LogP contribution in [-0.4, -0.2) is 52.3 Å². The largest absolute Gasteiger partial charge is 0.394 e. The van der Waals surface area contributed by atoms with Gasteiger partial charge in [0.25, 0.3) is 5.91 Å². The highest BCUT2D eigenvalue weighted by atomic mass is 35.5. The summed E-state index contributed by atoms with van der Waals surface area (Å²) < 4.78 is 5.68. The van der Waals surface area contributed by atoms with E-state index in [1.165, 1.54) is 12.4 Å². The van der Waals surface area contributed by atoms with Crippen LogP contribution in [0.4, 0.5) is 0 Å². The zero-order valence-corrected chi connectivity index (χ0v) is 11.7. The van der Waals surface area contributed by atoms with E-state index in [1.807, 2.05) is 13.8 Å². The van der Waals surface area contributed by atoms with Gasteiger partial charge in [-0.15, -0.1) is 0 Å². The first-order valence-electron chi connectivity index (χ1n) is 6.10. The Labute approximate surface area is 117 Å². The first kappa shape index (κ1) is 14.2. The molecule has 0 spiro atoms. The van der Waals surface area contributed by atoms with Crippen LogP contribution >= 0.6 is 11.6 Å². The van der Waals surface area contributed by atoms with Crippen molar-refractivity contribution in [1.82, 2.24) is 9.88 Å². The van der Waals surface area contributed by atoms with Gasteiger partial charge in [0.15, 0.2) is 0 Å². The molecule has 0 aliphatic carbocycles. The van der Waals surface area contributed by atoms with Crippen LogP contribution in [-0.2, 0) is 4.74 Å². The van der Waals surface area contributed by atoms with E-state index in [1.54, 1.807) is 11.0 Å². The third-order valence-electron chi connectivity index (χ3n) is 2.98. The first-order valence-corrected chi connectivity index (χ1v) is 6.48. The minimum atomic E-state index is -0.485. The molecule has 2 rings (SSSR count). The molecule has 1 atom stereocenters. The summed E-state index contributed by atoms with van der Waals surface area (Å²) in [7, 11) is 0. The molecule has 1 amide bonds. The number of ether oxygens (including phenoxy) is 1. The van der Waals surface area contributed by atoms with E-state index in [0.717, 1.165) is 0 Å². The van der Waals surface area contributed by atoms with Crippen LogP contribution in [0.25, 0.3) is 0 Å². The summed E-state index contributed by atoms with van der Waals surface area (Å²) in [5.74, 6) is -0.165. The number of halogens is 1. The molecule has 0 bridgehead atoms. The fourth-order valence-electron chi connectivity index (χ4n) is 2.26. The Morgan fingerprint density at radius 1 is 1.68 bits per heavy atom. The Balaban J connectivity index is 2.21. The fraction of sp³-hybridized carbons (Fsp3) is 0.538. The molecular formula is C13H17ClN2O3. The lowest BCUT2D eigenvalue weighted by Gasteiger charge is -2.42. The van der Waals surface area contributed by atoms with Crippen molar-refractivity contribution in [3.8, 4) is 0 Å². The zero-order chi connectivity index (χ0) is 14.0. The van der Waals surface area contributed by atoms with E-state index in [-0.39, 0.29) is 18.6 Å². The molecule has 1 aromatic heterocycles. The van der Waals surface area contributed by atoms with E-state index < -0.39 is 5.60 Å². The van der Waals surface area contributed by atoms with Gasteiger partial charge in [-0.1, -0.05) is 11.6 Å². The summed E-state index contributed by atoms with van der Waals surface area (Å²) >= 11 is 5.99. The number of morpholine rings is 1. The number of nitrogens with zero attached hydrogens (tertiary/aromatic N) is 2. The second-order valence-electron chi connectivity index (χ2n) is 5.22. The zero-order valence-electron chi connectivity index (χ0n) is 11.0. The van der Waals surface area contributed by atoms with Gasteiger partial charge in [-0.05, 0) is 19.9 Å². The number of hydrogen-bond acceptors (Lipinski definition) is 4. The number of carbonyl (C=O) groups excluding carboxylic acids is 1. The number of carbonyl (C=O) groups is 1. The van der Waals surface area contributed by atoms with Crippen LogP contribution in [0, 0.1) is 0 Å². The summed E-state index contributed by atoms with van der Waals surface area (Å²) in [6.07, 6.45) is 2.62. The van der Waals surface area contributed by atoms with Gasteiger partial charge in [0.05, 0.1) is 28.9 Å². The number of aromatic nitrogens is 1. The van der Waals surface area contributed by atoms with Gasteiger partial charge < -0.3 is 14.7 Å². The quantitative estimate of drug-likeness (QED) is 0.890. The van der Waals surface area contributed by atoms with E-state index in [2.05, 4.69) is 4.98 Å². The van der Waals surface area contributed by atoms with E-state index in [0.29, 0.717) is 23.7 Å². The lowest BCUT2D eigenvalue weighted by Crippen LogP contribution is -2.55. The molecular weight excluding hydrogens is 268 g/mol. The summed E-state index contributed by atoms with van der Waals surface area (Å²) in [6.45, 7) is 4.49. The van der Waals surface area contributed by atoms with Crippen molar-refractivity contribution in [2.24, 2.45) is 0 Å². The number of pyridine rings is 1. The van der Waals surface area contributed by atoms with Crippen LogP contribution in [0.5, 0.6) is 0 Å². The average Bonchev–Trinajstić information content (AvgIpc) is 2.36. The Kier molecular flexibility index (Phi) is 4.08. The minimum absolute atomic E-state index is 0.114. The van der Waals surface area contributed by atoms with Gasteiger partial charge in [-0.25, -0.2) is 0 Å². The molecule has 104 valence electrons. The maximum absolute atomic E-state index is 12.4. The highest BCUT2D eigenvalue weighted by molar-refractivity contribution is 6.33. The molecule has 0 saturated carbocycles. The molecule has 1 saturated heterocycles. The van der Waals surface area contributed by atoms with Crippen molar-refractivity contribution < 1.29 is 14.6 Å². The average molecular weight is 285 g/mol.